The van der Waals surface area contributed by atoms with Crippen molar-refractivity contribution >= 4 is 11.8 Å². The highest BCUT2D eigenvalue weighted by Gasteiger charge is 2.13. The van der Waals surface area contributed by atoms with Crippen LogP contribution in [0.3, 0.4) is 0 Å². The third-order valence-electron chi connectivity index (χ3n) is 2.62. The Morgan fingerprint density at radius 1 is 1.32 bits per heavy atom. The summed E-state index contributed by atoms with van der Waals surface area (Å²) in [6.07, 6.45) is 1.42. The largest absolute Gasteiger partial charge is 0.469 e. The second-order valence-electron chi connectivity index (χ2n) is 4.12. The molecule has 0 radical (unpaired) electrons. The van der Waals surface area contributed by atoms with Crippen molar-refractivity contribution in [3.8, 4) is 0 Å². The number of carbonyl (C=O) groups excluding carboxylic acids is 1. The van der Waals surface area contributed by atoms with Gasteiger partial charge < -0.3 is 15.0 Å². The van der Waals surface area contributed by atoms with Crippen molar-refractivity contribution in [3.63, 3.8) is 0 Å². The number of oxime groups is 1. The molecule has 0 saturated carbocycles. The van der Waals surface area contributed by atoms with E-state index in [9.17, 15) is 4.79 Å². The summed E-state index contributed by atoms with van der Waals surface area (Å²) in [5.74, 6) is 0.0365. The van der Waals surface area contributed by atoms with Gasteiger partial charge in [0.1, 0.15) is 11.3 Å². The van der Waals surface area contributed by atoms with Crippen molar-refractivity contribution in [2.45, 2.75) is 13.8 Å². The molecule has 0 amide bonds. The molecule has 1 heterocycles. The van der Waals surface area contributed by atoms with Crippen molar-refractivity contribution in [1.82, 2.24) is 0 Å². The number of benzene rings is 1. The molecular formula is C14H14N2O3. The molecular weight excluding hydrogens is 244 g/mol. The third-order valence-corrected chi connectivity index (χ3v) is 2.62. The van der Waals surface area contributed by atoms with Crippen LogP contribution < -0.4 is 5.73 Å². The Kier molecular flexibility index (Phi) is 3.66. The zero-order chi connectivity index (χ0) is 13.8. The zero-order valence-electron chi connectivity index (χ0n) is 10.7. The van der Waals surface area contributed by atoms with Gasteiger partial charge in [0.25, 0.3) is 0 Å². The first-order valence-electron chi connectivity index (χ1n) is 5.74. The first-order valence-corrected chi connectivity index (χ1v) is 5.74. The highest BCUT2D eigenvalue weighted by molar-refractivity contribution is 5.98. The minimum atomic E-state index is -0.596. The molecule has 5 nitrogen and oxygen atoms in total. The first kappa shape index (κ1) is 12.9. The Morgan fingerprint density at radius 2 is 2.11 bits per heavy atom. The normalized spacial score (nSPS) is 11.4. The minimum Gasteiger partial charge on any atom is -0.469 e. The van der Waals surface area contributed by atoms with Crippen LogP contribution >= 0.6 is 0 Å². The van der Waals surface area contributed by atoms with Gasteiger partial charge in [-0.2, -0.15) is 0 Å². The SMILES string of the molecule is Cc1cccc(/C(N)=N/OC(=O)c2ccoc2C)c1. The lowest BCUT2D eigenvalue weighted by Gasteiger charge is -2.01. The summed E-state index contributed by atoms with van der Waals surface area (Å²) in [7, 11) is 0. The molecule has 0 bridgehead atoms. The second-order valence-corrected chi connectivity index (χ2v) is 4.12. The molecule has 0 aliphatic heterocycles. The molecule has 98 valence electrons. The van der Waals surface area contributed by atoms with E-state index >= 15 is 0 Å². The van der Waals surface area contributed by atoms with E-state index in [0.29, 0.717) is 16.9 Å². The first-order chi connectivity index (χ1) is 9.08. The fourth-order valence-electron chi connectivity index (χ4n) is 1.59. The van der Waals surface area contributed by atoms with Gasteiger partial charge in [-0.3, -0.25) is 0 Å². The molecule has 0 aliphatic carbocycles. The highest BCUT2D eigenvalue weighted by Crippen LogP contribution is 2.10. The Bertz CT molecular complexity index is 629. The van der Waals surface area contributed by atoms with Crippen LogP contribution in [0.1, 0.15) is 27.2 Å². The topological polar surface area (TPSA) is 77.8 Å². The Hall–Kier alpha value is -2.56. The number of amidine groups is 1. The average Bonchev–Trinajstić information content (AvgIpc) is 2.82. The molecule has 5 heteroatoms. The predicted molar refractivity (Wildman–Crippen MR) is 70.8 cm³/mol. The maximum Gasteiger partial charge on any atom is 0.369 e. The fourth-order valence-corrected chi connectivity index (χ4v) is 1.59. The number of hydrogen-bond donors (Lipinski definition) is 1. The lowest BCUT2D eigenvalue weighted by atomic mass is 10.1. The maximum absolute atomic E-state index is 11.7. The van der Waals surface area contributed by atoms with E-state index in [4.69, 9.17) is 15.0 Å². The summed E-state index contributed by atoms with van der Waals surface area (Å²) in [5.41, 5.74) is 7.84. The van der Waals surface area contributed by atoms with Crippen molar-refractivity contribution in [2.24, 2.45) is 10.9 Å². The van der Waals surface area contributed by atoms with E-state index in [0.717, 1.165) is 5.56 Å². The molecule has 0 unspecified atom stereocenters. The number of carbonyl (C=O) groups is 1. The fraction of sp³-hybridized carbons (Fsp3) is 0.143. The summed E-state index contributed by atoms with van der Waals surface area (Å²) >= 11 is 0. The van der Waals surface area contributed by atoms with E-state index < -0.39 is 5.97 Å². The van der Waals surface area contributed by atoms with Crippen LogP contribution in [0.4, 0.5) is 0 Å². The van der Waals surface area contributed by atoms with Crippen LogP contribution in [0.15, 0.2) is 46.2 Å². The average molecular weight is 258 g/mol. The van der Waals surface area contributed by atoms with Crippen molar-refractivity contribution < 1.29 is 14.0 Å². The van der Waals surface area contributed by atoms with Gasteiger partial charge in [0.2, 0.25) is 0 Å². The van der Waals surface area contributed by atoms with Crippen LogP contribution in [-0.2, 0) is 4.84 Å². The molecule has 1 aromatic heterocycles. The summed E-state index contributed by atoms with van der Waals surface area (Å²) in [4.78, 5) is 16.5. The molecule has 0 atom stereocenters. The van der Waals surface area contributed by atoms with Crippen molar-refractivity contribution in [2.75, 3.05) is 0 Å². The van der Waals surface area contributed by atoms with Gasteiger partial charge >= 0.3 is 5.97 Å². The lowest BCUT2D eigenvalue weighted by Crippen LogP contribution is -2.15. The summed E-state index contributed by atoms with van der Waals surface area (Å²) in [6, 6.07) is 8.97. The molecule has 2 rings (SSSR count). The minimum absolute atomic E-state index is 0.151. The van der Waals surface area contributed by atoms with Gasteiger partial charge in [-0.05, 0) is 26.0 Å². The third kappa shape index (κ3) is 3.01. The van der Waals surface area contributed by atoms with Gasteiger partial charge in [0, 0.05) is 5.56 Å². The standard InChI is InChI=1S/C14H14N2O3/c1-9-4-3-5-11(8-9)13(15)16-19-14(17)12-6-7-18-10(12)2/h3-8H,1-2H3,(H2,15,16). The van der Waals surface area contributed by atoms with Gasteiger partial charge in [0.05, 0.1) is 6.26 Å². The van der Waals surface area contributed by atoms with E-state index in [-0.39, 0.29) is 5.84 Å². The summed E-state index contributed by atoms with van der Waals surface area (Å²) < 4.78 is 5.01. The Morgan fingerprint density at radius 3 is 2.74 bits per heavy atom. The monoisotopic (exact) mass is 258 g/mol. The van der Waals surface area contributed by atoms with Gasteiger partial charge in [-0.1, -0.05) is 28.9 Å². The second kappa shape index (κ2) is 5.39. The van der Waals surface area contributed by atoms with Crippen LogP contribution in [-0.4, -0.2) is 11.8 Å². The predicted octanol–water partition coefficient (Wildman–Crippen LogP) is 2.37. The number of rotatable bonds is 3. The highest BCUT2D eigenvalue weighted by atomic mass is 16.7. The van der Waals surface area contributed by atoms with Crippen molar-refractivity contribution in [1.29, 1.82) is 0 Å². The van der Waals surface area contributed by atoms with Crippen LogP contribution in [0.2, 0.25) is 0 Å². The Labute approximate surface area is 110 Å². The number of hydrogen-bond acceptors (Lipinski definition) is 4. The van der Waals surface area contributed by atoms with Crippen LogP contribution in [0.25, 0.3) is 0 Å². The van der Waals surface area contributed by atoms with E-state index in [2.05, 4.69) is 5.16 Å². The molecule has 2 aromatic rings. The van der Waals surface area contributed by atoms with E-state index in [1.807, 2.05) is 25.1 Å². The number of nitrogens with zero attached hydrogens (tertiary/aromatic N) is 1. The lowest BCUT2D eigenvalue weighted by molar-refractivity contribution is 0.0514. The summed E-state index contributed by atoms with van der Waals surface area (Å²) in [6.45, 7) is 3.61. The summed E-state index contributed by atoms with van der Waals surface area (Å²) in [5, 5.41) is 3.64. The molecule has 2 N–H and O–H groups in total. The molecule has 1 aromatic carbocycles. The smallest absolute Gasteiger partial charge is 0.369 e. The van der Waals surface area contributed by atoms with E-state index in [1.54, 1.807) is 13.0 Å². The molecule has 0 spiro atoms. The van der Waals surface area contributed by atoms with Crippen LogP contribution in [0, 0.1) is 13.8 Å². The van der Waals surface area contributed by atoms with Crippen LogP contribution in [0.5, 0.6) is 0 Å². The Balaban J connectivity index is 2.11. The zero-order valence-corrected chi connectivity index (χ0v) is 10.7. The molecule has 19 heavy (non-hydrogen) atoms. The number of furan rings is 1. The molecule has 0 saturated heterocycles. The molecule has 0 fully saturated rings. The number of aryl methyl sites for hydroxylation is 2. The van der Waals surface area contributed by atoms with Gasteiger partial charge in [0.15, 0.2) is 5.84 Å². The van der Waals surface area contributed by atoms with Crippen molar-refractivity contribution in [3.05, 3.63) is 59.0 Å². The maximum atomic E-state index is 11.7. The number of nitrogens with two attached hydrogens (primary N) is 1. The van der Waals surface area contributed by atoms with Gasteiger partial charge in [-0.15, -0.1) is 0 Å². The van der Waals surface area contributed by atoms with Gasteiger partial charge in [-0.25, -0.2) is 4.79 Å². The molecule has 0 aliphatic rings. The van der Waals surface area contributed by atoms with E-state index in [1.165, 1.54) is 12.3 Å². The quantitative estimate of drug-likeness (QED) is 0.397.